The highest BCUT2D eigenvalue weighted by molar-refractivity contribution is 6.30. The van der Waals surface area contributed by atoms with Crippen LogP contribution < -0.4 is 10.9 Å². The van der Waals surface area contributed by atoms with Gasteiger partial charge in [0.25, 0.3) is 0 Å². The van der Waals surface area contributed by atoms with E-state index in [9.17, 15) is 9.59 Å². The third kappa shape index (κ3) is 4.54. The van der Waals surface area contributed by atoms with Crippen LogP contribution in [0.15, 0.2) is 50.2 Å². The number of nitrogens with zero attached hydrogens (tertiary/aromatic N) is 1. The minimum atomic E-state index is -0.465. The van der Waals surface area contributed by atoms with Gasteiger partial charge in [0.2, 0.25) is 5.91 Å². The Hall–Kier alpha value is -3.09. The largest absolute Gasteiger partial charge is 0.463 e. The monoisotopic (exact) mass is 532 g/mol. The number of benzene rings is 2. The molecule has 2 aromatic heterocycles. The number of nitrogens with one attached hydrogen (secondary N) is 1. The molecule has 0 bridgehead atoms. The van der Waals surface area contributed by atoms with Crippen LogP contribution in [-0.2, 0) is 11.2 Å². The zero-order chi connectivity index (χ0) is 26.4. The number of amides is 1. The summed E-state index contributed by atoms with van der Waals surface area (Å²) in [5, 5.41) is 5.55. The molecule has 0 unspecified atom stereocenters. The lowest BCUT2D eigenvalue weighted by Crippen LogP contribution is -2.51. The van der Waals surface area contributed by atoms with Gasteiger partial charge in [-0.15, -0.1) is 0 Å². The molecule has 1 N–H and O–H groups in total. The minimum absolute atomic E-state index is 0.0116. The maximum atomic E-state index is 13.0. The van der Waals surface area contributed by atoms with Crippen molar-refractivity contribution in [2.45, 2.75) is 58.4 Å². The van der Waals surface area contributed by atoms with Gasteiger partial charge < -0.3 is 19.1 Å². The molecule has 6 rings (SSSR count). The van der Waals surface area contributed by atoms with Gasteiger partial charge in [-0.05, 0) is 87.9 Å². The topological polar surface area (TPSA) is 75.7 Å². The summed E-state index contributed by atoms with van der Waals surface area (Å²) in [7, 11) is 0. The average Bonchev–Trinajstić information content (AvgIpc) is 3.35. The van der Waals surface area contributed by atoms with Gasteiger partial charge in [-0.3, -0.25) is 4.79 Å². The van der Waals surface area contributed by atoms with E-state index < -0.39 is 5.63 Å². The fourth-order valence-electron chi connectivity index (χ4n) is 6.54. The molecule has 0 spiro atoms. The van der Waals surface area contributed by atoms with Gasteiger partial charge in [0.05, 0.1) is 18.2 Å². The molecule has 2 fully saturated rings. The quantitative estimate of drug-likeness (QED) is 0.301. The number of hydrogen-bond donors (Lipinski definition) is 1. The van der Waals surface area contributed by atoms with Crippen LogP contribution in [0.4, 0.5) is 0 Å². The van der Waals surface area contributed by atoms with Crippen LogP contribution in [-0.4, -0.2) is 36.5 Å². The predicted octanol–water partition coefficient (Wildman–Crippen LogP) is 6.40. The van der Waals surface area contributed by atoms with Crippen LogP contribution in [0, 0.1) is 19.8 Å². The van der Waals surface area contributed by atoms with Gasteiger partial charge in [-0.1, -0.05) is 30.2 Å². The highest BCUT2D eigenvalue weighted by atomic mass is 35.5. The molecule has 0 saturated carbocycles. The number of furan rings is 1. The van der Waals surface area contributed by atoms with Gasteiger partial charge in [0, 0.05) is 39.5 Å². The highest BCUT2D eigenvalue weighted by Gasteiger charge is 2.33. The standard InChI is InChI=1S/C31H33ClN2O4/c1-18-23-14-25-26(20-8-10-22(32)11-9-20)17-37-29(25)19(2)30(23)38-31(36)24(18)15-28(35)33-16-21-6-5-13-34-12-4-3-7-27(21)34/h8-11,14,17,21,27H,3-7,12-13,15-16H2,1-2H3,(H,33,35)/t21-,27-/m1/s1. The number of halogens is 1. The molecule has 38 heavy (non-hydrogen) atoms. The number of hydrogen-bond acceptors (Lipinski definition) is 5. The van der Waals surface area contributed by atoms with E-state index in [0.29, 0.717) is 40.3 Å². The van der Waals surface area contributed by atoms with Crippen LogP contribution in [0.3, 0.4) is 0 Å². The maximum Gasteiger partial charge on any atom is 0.340 e. The molecule has 1 amide bonds. The molecule has 2 atom stereocenters. The van der Waals surface area contributed by atoms with Crippen molar-refractivity contribution >= 4 is 39.4 Å². The van der Waals surface area contributed by atoms with Crippen molar-refractivity contribution < 1.29 is 13.6 Å². The molecule has 4 heterocycles. The van der Waals surface area contributed by atoms with Crippen LogP contribution in [0.1, 0.15) is 48.8 Å². The predicted molar refractivity (Wildman–Crippen MR) is 151 cm³/mol. The lowest BCUT2D eigenvalue weighted by Gasteiger charge is -2.44. The Bertz CT molecular complexity index is 1570. The summed E-state index contributed by atoms with van der Waals surface area (Å²) in [5.41, 5.74) is 4.59. The van der Waals surface area contributed by atoms with Crippen LogP contribution in [0.5, 0.6) is 0 Å². The number of aryl methyl sites for hydroxylation is 2. The summed E-state index contributed by atoms with van der Waals surface area (Å²) in [6.45, 7) is 6.81. The zero-order valence-corrected chi connectivity index (χ0v) is 22.7. The van der Waals surface area contributed by atoms with Crippen molar-refractivity contribution in [3.63, 3.8) is 0 Å². The van der Waals surface area contributed by atoms with Crippen LogP contribution in [0.25, 0.3) is 33.1 Å². The average molecular weight is 533 g/mol. The number of carbonyl (C=O) groups excluding carboxylic acids is 1. The molecule has 7 heteroatoms. The lowest BCUT2D eigenvalue weighted by molar-refractivity contribution is -0.120. The Labute approximate surface area is 226 Å². The van der Waals surface area contributed by atoms with E-state index in [-0.39, 0.29) is 12.3 Å². The number of rotatable bonds is 5. The van der Waals surface area contributed by atoms with Gasteiger partial charge in [0.15, 0.2) is 0 Å². The van der Waals surface area contributed by atoms with E-state index in [1.807, 2.05) is 44.2 Å². The molecule has 2 aromatic carbocycles. The van der Waals surface area contributed by atoms with Crippen LogP contribution >= 0.6 is 11.6 Å². The number of fused-ring (bicyclic) bond motifs is 3. The first-order valence-corrected chi connectivity index (χ1v) is 14.0. The molecular formula is C31H33ClN2O4. The Morgan fingerprint density at radius 3 is 2.63 bits per heavy atom. The van der Waals surface area contributed by atoms with Gasteiger partial charge in [-0.2, -0.15) is 0 Å². The molecule has 2 saturated heterocycles. The third-order valence-electron chi connectivity index (χ3n) is 8.62. The lowest BCUT2D eigenvalue weighted by atomic mass is 9.83. The van der Waals surface area contributed by atoms with E-state index >= 15 is 0 Å². The molecule has 4 aromatic rings. The third-order valence-corrected chi connectivity index (χ3v) is 8.88. The fraction of sp³-hybridized carbons (Fsp3) is 0.419. The number of carbonyl (C=O) groups is 1. The van der Waals surface area contributed by atoms with Crippen molar-refractivity contribution in [2.24, 2.45) is 5.92 Å². The summed E-state index contributed by atoms with van der Waals surface area (Å²) in [5.74, 6) is 0.348. The van der Waals surface area contributed by atoms with E-state index in [1.165, 1.54) is 38.8 Å². The van der Waals surface area contributed by atoms with Crippen molar-refractivity contribution in [1.29, 1.82) is 0 Å². The van der Waals surface area contributed by atoms with Gasteiger partial charge in [0.1, 0.15) is 11.2 Å². The van der Waals surface area contributed by atoms with E-state index in [1.54, 1.807) is 6.26 Å². The summed E-state index contributed by atoms with van der Waals surface area (Å²) < 4.78 is 11.7. The van der Waals surface area contributed by atoms with Crippen LogP contribution in [0.2, 0.25) is 5.02 Å². The Kier molecular flexibility index (Phi) is 6.79. The van der Waals surface area contributed by atoms with Crippen molar-refractivity contribution in [1.82, 2.24) is 10.2 Å². The highest BCUT2D eigenvalue weighted by Crippen LogP contribution is 2.37. The summed E-state index contributed by atoms with van der Waals surface area (Å²) in [6.07, 6.45) is 7.83. The first-order valence-electron chi connectivity index (χ1n) is 13.6. The Morgan fingerprint density at radius 1 is 1.03 bits per heavy atom. The molecule has 0 radical (unpaired) electrons. The van der Waals surface area contributed by atoms with Crippen molar-refractivity contribution in [3.8, 4) is 11.1 Å². The smallest absolute Gasteiger partial charge is 0.340 e. The Morgan fingerprint density at radius 2 is 1.82 bits per heavy atom. The first kappa shape index (κ1) is 25.2. The molecule has 6 nitrogen and oxygen atoms in total. The van der Waals surface area contributed by atoms with Gasteiger partial charge >= 0.3 is 5.63 Å². The Balaban J connectivity index is 1.28. The van der Waals surface area contributed by atoms with E-state index in [4.69, 9.17) is 20.4 Å². The first-order chi connectivity index (χ1) is 18.4. The summed E-state index contributed by atoms with van der Waals surface area (Å²) >= 11 is 6.09. The molecule has 2 aliphatic heterocycles. The zero-order valence-electron chi connectivity index (χ0n) is 21.9. The molecule has 0 aliphatic carbocycles. The fourth-order valence-corrected chi connectivity index (χ4v) is 6.66. The van der Waals surface area contributed by atoms with Crippen molar-refractivity contribution in [2.75, 3.05) is 19.6 Å². The normalized spacial score (nSPS) is 20.1. The SMILES string of the molecule is Cc1c(CC(=O)NC[C@H]2CCCN3CCCC[C@H]23)c(=O)oc2c(C)c3occ(-c4ccc(Cl)cc4)c3cc12. The maximum absolute atomic E-state index is 13.0. The van der Waals surface area contributed by atoms with E-state index in [2.05, 4.69) is 10.2 Å². The second-order valence-corrected chi connectivity index (χ2v) is 11.3. The molecule has 2 aliphatic rings. The minimum Gasteiger partial charge on any atom is -0.463 e. The second kappa shape index (κ2) is 10.2. The van der Waals surface area contributed by atoms with Crippen molar-refractivity contribution in [3.05, 3.63) is 68.7 Å². The number of piperidine rings is 2. The summed E-state index contributed by atoms with van der Waals surface area (Å²) in [4.78, 5) is 28.7. The molecular weight excluding hydrogens is 500 g/mol. The summed E-state index contributed by atoms with van der Waals surface area (Å²) in [6, 6.07) is 10.2. The van der Waals surface area contributed by atoms with E-state index in [0.717, 1.165) is 39.4 Å². The molecule has 198 valence electrons. The van der Waals surface area contributed by atoms with Gasteiger partial charge in [-0.25, -0.2) is 4.79 Å². The second-order valence-electron chi connectivity index (χ2n) is 10.9.